The molecule has 0 aromatic heterocycles. The summed E-state index contributed by atoms with van der Waals surface area (Å²) in [5.74, 6) is -2.86. The molecule has 11 N–H and O–H groups in total. The molecule has 0 heterocycles. The molecule has 0 radical (unpaired) electrons. The smallest absolute Gasteiger partial charge is 0.272 e. The summed E-state index contributed by atoms with van der Waals surface area (Å²) in [5.41, 5.74) is 28.0. The van der Waals surface area contributed by atoms with Crippen LogP contribution in [0.25, 0.3) is 0 Å². The highest BCUT2D eigenvalue weighted by atomic mass is 16.2. The summed E-state index contributed by atoms with van der Waals surface area (Å²) >= 11 is 0. The van der Waals surface area contributed by atoms with Gasteiger partial charge in [-0.3, -0.25) is 33.8 Å². The van der Waals surface area contributed by atoms with Crippen LogP contribution in [0.4, 0.5) is 0 Å². The fourth-order valence-electron chi connectivity index (χ4n) is 4.08. The number of nitrogens with zero attached hydrogens (tertiary/aromatic N) is 3. The van der Waals surface area contributed by atoms with E-state index in [9.17, 15) is 24.0 Å². The third-order valence-corrected chi connectivity index (χ3v) is 5.68. The minimum absolute atomic E-state index is 0.0220. The fraction of sp³-hybridized carbons (Fsp3) is 0.522. The van der Waals surface area contributed by atoms with Crippen molar-refractivity contribution in [3.8, 4) is 0 Å². The molecule has 0 atom stereocenters. The monoisotopic (exact) mass is 522 g/mol. The van der Waals surface area contributed by atoms with Gasteiger partial charge in [0.2, 0.25) is 17.7 Å². The minimum atomic E-state index is -0.631. The second-order valence-corrected chi connectivity index (χ2v) is 9.09. The zero-order chi connectivity index (χ0) is 27.8. The number of hydrogen-bond acceptors (Lipinski definition) is 8. The average Bonchev–Trinajstić information content (AvgIpc) is 2.77. The zero-order valence-electron chi connectivity index (χ0n) is 21.1. The van der Waals surface area contributed by atoms with Crippen molar-refractivity contribution < 1.29 is 28.5 Å². The van der Waals surface area contributed by atoms with Crippen molar-refractivity contribution in [3.05, 3.63) is 35.9 Å². The van der Waals surface area contributed by atoms with Gasteiger partial charge in [-0.05, 0) is 5.56 Å². The van der Waals surface area contributed by atoms with Gasteiger partial charge >= 0.3 is 0 Å². The van der Waals surface area contributed by atoms with E-state index in [0.29, 0.717) is 19.6 Å². The van der Waals surface area contributed by atoms with Gasteiger partial charge in [-0.25, -0.2) is 0 Å². The molecule has 0 aliphatic carbocycles. The van der Waals surface area contributed by atoms with E-state index in [4.69, 9.17) is 28.7 Å². The van der Waals surface area contributed by atoms with Crippen molar-refractivity contribution in [3.63, 3.8) is 0 Å². The normalized spacial score (nSPS) is 11.5. The van der Waals surface area contributed by atoms with Gasteiger partial charge in [0.15, 0.2) is 13.1 Å². The highest BCUT2D eigenvalue weighted by molar-refractivity contribution is 5.78. The molecule has 37 heavy (non-hydrogen) atoms. The molecule has 5 amide bonds. The Balaban J connectivity index is 2.98. The van der Waals surface area contributed by atoms with Gasteiger partial charge in [0, 0.05) is 32.7 Å². The molecular weight excluding hydrogens is 482 g/mol. The molecule has 0 aliphatic rings. The van der Waals surface area contributed by atoms with Crippen LogP contribution < -0.4 is 34.0 Å². The van der Waals surface area contributed by atoms with E-state index in [1.807, 2.05) is 35.2 Å². The van der Waals surface area contributed by atoms with Crippen molar-refractivity contribution in [2.45, 2.75) is 6.54 Å². The van der Waals surface area contributed by atoms with Crippen LogP contribution in [-0.4, -0.2) is 116 Å². The van der Waals surface area contributed by atoms with Crippen molar-refractivity contribution in [2.24, 2.45) is 28.7 Å². The predicted octanol–water partition coefficient (Wildman–Crippen LogP) is -4.38. The molecule has 0 fully saturated rings. The molecule has 1 rings (SSSR count). The van der Waals surface area contributed by atoms with E-state index in [-0.39, 0.29) is 63.4 Å². The number of benzene rings is 1. The van der Waals surface area contributed by atoms with Gasteiger partial charge in [-0.15, -0.1) is 0 Å². The Hall–Kier alpha value is -3.59. The van der Waals surface area contributed by atoms with E-state index in [2.05, 4.69) is 5.32 Å². The number of quaternary nitrogens is 1. The lowest BCUT2D eigenvalue weighted by Gasteiger charge is -2.38. The Labute approximate surface area is 216 Å². The molecule has 1 aromatic rings. The van der Waals surface area contributed by atoms with E-state index >= 15 is 0 Å². The third kappa shape index (κ3) is 14.5. The average molecular weight is 523 g/mol. The number of hydrogen-bond donors (Lipinski definition) is 6. The Kier molecular flexibility index (Phi) is 13.8. The van der Waals surface area contributed by atoms with Gasteiger partial charge in [-0.2, -0.15) is 0 Å². The number of nitrogens with one attached hydrogen (secondary N) is 1. The first-order chi connectivity index (χ1) is 17.4. The first-order valence-corrected chi connectivity index (χ1v) is 11.9. The molecular formula is C23H40N9O5+. The summed E-state index contributed by atoms with van der Waals surface area (Å²) in [6.07, 6.45) is 0. The molecule has 0 saturated carbocycles. The number of carbonyl (C=O) groups excluding carboxylic acids is 5. The van der Waals surface area contributed by atoms with E-state index in [0.717, 1.165) is 5.56 Å². The number of rotatable bonds is 21. The minimum Gasteiger partial charge on any atom is -0.369 e. The number of nitrogens with two attached hydrogens (primary N) is 5. The summed E-state index contributed by atoms with van der Waals surface area (Å²) in [6.45, 7) is 1.79. The topological polar surface area (TPSA) is 234 Å². The highest BCUT2D eigenvalue weighted by Gasteiger charge is 2.32. The van der Waals surface area contributed by atoms with Crippen molar-refractivity contribution in [1.82, 2.24) is 15.1 Å². The summed E-state index contributed by atoms with van der Waals surface area (Å²) in [5, 5.41) is 2.86. The second-order valence-electron chi connectivity index (χ2n) is 9.09. The maximum atomic E-state index is 11.9. The lowest BCUT2D eigenvalue weighted by atomic mass is 10.2. The number of primary amides is 5. The Morgan fingerprint density at radius 2 is 1.22 bits per heavy atom. The molecule has 0 aliphatic heterocycles. The maximum Gasteiger partial charge on any atom is 0.272 e. The number of carbonyl (C=O) groups is 5. The van der Waals surface area contributed by atoms with Crippen molar-refractivity contribution in [1.29, 1.82) is 0 Å². The molecule has 0 unspecified atom stereocenters. The lowest BCUT2D eigenvalue weighted by molar-refractivity contribution is -0.911. The second kappa shape index (κ2) is 16.2. The van der Waals surface area contributed by atoms with Crippen LogP contribution in [0.1, 0.15) is 5.56 Å². The van der Waals surface area contributed by atoms with Gasteiger partial charge in [-0.1, -0.05) is 30.3 Å². The highest BCUT2D eigenvalue weighted by Crippen LogP contribution is 2.09. The first kappa shape index (κ1) is 31.4. The first-order valence-electron chi connectivity index (χ1n) is 11.9. The number of amides is 5. The third-order valence-electron chi connectivity index (χ3n) is 5.68. The standard InChI is InChI=1S/C23H39N9O5/c24-19(33)12-29-6-10-32(16-22(27)36,17-23(28)37)11-9-30(14-20(25)34)7-8-31(15-21(26)35)13-18-4-2-1-3-5-18/h1-5,29H,6-17H2,(H9-,24,25,26,27,28,33,34,35,36,37)/p+1. The predicted molar refractivity (Wildman–Crippen MR) is 137 cm³/mol. The Morgan fingerprint density at radius 3 is 1.73 bits per heavy atom. The van der Waals surface area contributed by atoms with Gasteiger partial charge in [0.05, 0.1) is 32.7 Å². The SMILES string of the molecule is NC(=O)CNCC[N+](CCN(CCN(CC(N)=O)Cc1ccccc1)CC(N)=O)(CC(N)=O)CC(N)=O. The molecule has 14 heteroatoms. The van der Waals surface area contributed by atoms with E-state index < -0.39 is 29.5 Å². The van der Waals surface area contributed by atoms with Gasteiger partial charge in [0.25, 0.3) is 11.8 Å². The van der Waals surface area contributed by atoms with Crippen molar-refractivity contribution >= 4 is 29.5 Å². The van der Waals surface area contributed by atoms with E-state index in [1.54, 1.807) is 4.90 Å². The Bertz CT molecular complexity index is 897. The lowest BCUT2D eigenvalue weighted by Crippen LogP contribution is -2.61. The molecule has 0 saturated heterocycles. The molecule has 206 valence electrons. The summed E-state index contributed by atoms with van der Waals surface area (Å²) in [6, 6.07) is 9.54. The van der Waals surface area contributed by atoms with E-state index in [1.165, 1.54) is 0 Å². The molecule has 1 aromatic carbocycles. The Morgan fingerprint density at radius 1 is 0.676 bits per heavy atom. The quantitative estimate of drug-likeness (QED) is 0.0679. The van der Waals surface area contributed by atoms with Crippen LogP contribution in [0.15, 0.2) is 30.3 Å². The fourth-order valence-corrected chi connectivity index (χ4v) is 4.08. The molecule has 14 nitrogen and oxygen atoms in total. The maximum absolute atomic E-state index is 11.9. The molecule has 0 spiro atoms. The van der Waals surface area contributed by atoms with Gasteiger partial charge < -0.3 is 38.5 Å². The van der Waals surface area contributed by atoms with Crippen LogP contribution in [0.5, 0.6) is 0 Å². The summed E-state index contributed by atoms with van der Waals surface area (Å²) in [7, 11) is 0. The van der Waals surface area contributed by atoms with Gasteiger partial charge in [0.1, 0.15) is 0 Å². The summed E-state index contributed by atoms with van der Waals surface area (Å²) < 4.78 is -0.0826. The van der Waals surface area contributed by atoms with Crippen LogP contribution in [0.3, 0.4) is 0 Å². The van der Waals surface area contributed by atoms with Crippen LogP contribution in [-0.2, 0) is 30.5 Å². The van der Waals surface area contributed by atoms with Crippen LogP contribution in [0.2, 0.25) is 0 Å². The van der Waals surface area contributed by atoms with Crippen LogP contribution >= 0.6 is 0 Å². The summed E-state index contributed by atoms with van der Waals surface area (Å²) in [4.78, 5) is 61.8. The largest absolute Gasteiger partial charge is 0.369 e. The zero-order valence-corrected chi connectivity index (χ0v) is 21.1. The van der Waals surface area contributed by atoms with Crippen molar-refractivity contribution in [2.75, 3.05) is 72.0 Å². The molecule has 0 bridgehead atoms. The van der Waals surface area contributed by atoms with Crippen LogP contribution in [0, 0.1) is 0 Å².